The Balaban J connectivity index is 1.32. The Morgan fingerprint density at radius 2 is 1.94 bits per heavy atom. The van der Waals surface area contributed by atoms with Gasteiger partial charge in [0.05, 0.1) is 4.91 Å². The molecule has 4 rings (SSSR count). The van der Waals surface area contributed by atoms with Crippen molar-refractivity contribution in [3.63, 3.8) is 0 Å². The number of nitrogens with zero attached hydrogens (tertiary/aromatic N) is 1. The minimum atomic E-state index is -0.393. The molecule has 1 saturated heterocycles. The van der Waals surface area contributed by atoms with Gasteiger partial charge in [0.1, 0.15) is 12.4 Å². The van der Waals surface area contributed by atoms with E-state index in [9.17, 15) is 14.4 Å². The molecule has 164 valence electrons. The second-order valence-corrected chi connectivity index (χ2v) is 7.82. The fraction of sp³-hybridized carbons (Fsp3) is 0.174. The third kappa shape index (κ3) is 4.78. The van der Waals surface area contributed by atoms with E-state index in [0.29, 0.717) is 34.3 Å². The Hall–Kier alpha value is -3.72. The Bertz CT molecular complexity index is 1100. The summed E-state index contributed by atoms with van der Waals surface area (Å²) in [5, 5.41) is 2.35. The maximum absolute atomic E-state index is 12.6. The summed E-state index contributed by atoms with van der Waals surface area (Å²) in [6, 6.07) is 12.0. The van der Waals surface area contributed by atoms with Crippen LogP contribution in [0.2, 0.25) is 0 Å². The Labute approximate surface area is 188 Å². The first-order valence-electron chi connectivity index (χ1n) is 9.82. The minimum Gasteiger partial charge on any atom is -0.490 e. The zero-order chi connectivity index (χ0) is 22.5. The fourth-order valence-corrected chi connectivity index (χ4v) is 3.95. The van der Waals surface area contributed by atoms with Gasteiger partial charge < -0.3 is 19.5 Å². The summed E-state index contributed by atoms with van der Waals surface area (Å²) in [5.74, 6) is 1.18. The molecule has 0 saturated carbocycles. The number of carbonyl (C=O) groups excluding carboxylic acids is 3. The molecule has 2 aliphatic heterocycles. The molecule has 1 N–H and O–H groups in total. The maximum Gasteiger partial charge on any atom is 0.293 e. The predicted octanol–water partition coefficient (Wildman–Crippen LogP) is 3.45. The normalized spacial score (nSPS) is 15.9. The third-order valence-electron chi connectivity index (χ3n) is 4.67. The third-order valence-corrected chi connectivity index (χ3v) is 5.58. The monoisotopic (exact) mass is 452 g/mol. The van der Waals surface area contributed by atoms with Crippen molar-refractivity contribution in [2.75, 3.05) is 26.5 Å². The second-order valence-electron chi connectivity index (χ2n) is 6.83. The van der Waals surface area contributed by atoms with Gasteiger partial charge in [0.15, 0.2) is 11.5 Å². The van der Waals surface area contributed by atoms with E-state index in [-0.39, 0.29) is 31.0 Å². The summed E-state index contributed by atoms with van der Waals surface area (Å²) < 4.78 is 16.0. The molecule has 8 nitrogen and oxygen atoms in total. The minimum absolute atomic E-state index is 0.0788. The molecule has 2 aromatic rings. The highest BCUT2D eigenvalue weighted by atomic mass is 32.2. The molecule has 2 heterocycles. The molecule has 0 unspecified atom stereocenters. The lowest BCUT2D eigenvalue weighted by Gasteiger charge is -2.13. The van der Waals surface area contributed by atoms with E-state index in [1.54, 1.807) is 54.6 Å². The highest BCUT2D eigenvalue weighted by Crippen LogP contribution is 2.36. The van der Waals surface area contributed by atoms with Crippen molar-refractivity contribution >= 4 is 34.9 Å². The van der Waals surface area contributed by atoms with Crippen LogP contribution in [-0.2, 0) is 4.79 Å². The molecule has 0 aromatic heterocycles. The maximum atomic E-state index is 12.6. The van der Waals surface area contributed by atoms with Crippen LogP contribution in [0.5, 0.6) is 17.2 Å². The molecule has 2 aromatic carbocycles. The van der Waals surface area contributed by atoms with Gasteiger partial charge >= 0.3 is 0 Å². The van der Waals surface area contributed by atoms with Gasteiger partial charge in [-0.1, -0.05) is 18.7 Å². The summed E-state index contributed by atoms with van der Waals surface area (Å²) in [6.45, 7) is 4.34. The lowest BCUT2D eigenvalue weighted by atomic mass is 10.2. The van der Waals surface area contributed by atoms with Gasteiger partial charge in [-0.25, -0.2) is 0 Å². The van der Waals surface area contributed by atoms with E-state index in [1.165, 1.54) is 0 Å². The molecule has 0 bridgehead atoms. The van der Waals surface area contributed by atoms with Crippen LogP contribution in [-0.4, -0.2) is 48.4 Å². The zero-order valence-electron chi connectivity index (χ0n) is 17.0. The lowest BCUT2D eigenvalue weighted by Crippen LogP contribution is -2.37. The van der Waals surface area contributed by atoms with Gasteiger partial charge in [0.25, 0.3) is 17.1 Å². The van der Waals surface area contributed by atoms with Crippen LogP contribution in [0.25, 0.3) is 6.08 Å². The number of amides is 3. The highest BCUT2D eigenvalue weighted by molar-refractivity contribution is 8.18. The molecule has 0 atom stereocenters. The number of hydrogen-bond donors (Lipinski definition) is 1. The number of rotatable bonds is 8. The van der Waals surface area contributed by atoms with Gasteiger partial charge in [0.2, 0.25) is 6.79 Å². The average molecular weight is 452 g/mol. The largest absolute Gasteiger partial charge is 0.490 e. The fourth-order valence-electron chi connectivity index (χ4n) is 3.09. The molecule has 2 aliphatic rings. The van der Waals surface area contributed by atoms with Gasteiger partial charge in [-0.15, -0.1) is 0 Å². The molecule has 1 fully saturated rings. The van der Waals surface area contributed by atoms with Gasteiger partial charge in [-0.2, -0.15) is 0 Å². The van der Waals surface area contributed by atoms with E-state index in [2.05, 4.69) is 11.9 Å². The Morgan fingerprint density at radius 1 is 1.16 bits per heavy atom. The first kappa shape index (κ1) is 21.5. The number of imide groups is 1. The molecular weight excluding hydrogens is 432 g/mol. The van der Waals surface area contributed by atoms with Crippen molar-refractivity contribution in [2.24, 2.45) is 0 Å². The van der Waals surface area contributed by atoms with Crippen LogP contribution in [0.3, 0.4) is 0 Å². The summed E-state index contributed by atoms with van der Waals surface area (Å²) in [6.07, 6.45) is 3.27. The standard InChI is InChI=1S/C23H20N2O6S/c1-2-11-29-17-6-4-16(5-7-17)21(26)24-9-10-25-22(27)20(32-23(25)28)13-15-3-8-18-19(12-15)31-14-30-18/h2-8,12-13H,1,9-11,14H2,(H,24,26). The highest BCUT2D eigenvalue weighted by Gasteiger charge is 2.34. The number of carbonyl (C=O) groups is 3. The van der Waals surface area contributed by atoms with Crippen LogP contribution >= 0.6 is 11.8 Å². The summed E-state index contributed by atoms with van der Waals surface area (Å²) in [5.41, 5.74) is 1.18. The molecule has 32 heavy (non-hydrogen) atoms. The van der Waals surface area contributed by atoms with Crippen LogP contribution < -0.4 is 19.5 Å². The van der Waals surface area contributed by atoms with E-state index in [4.69, 9.17) is 14.2 Å². The van der Waals surface area contributed by atoms with Crippen LogP contribution in [0.15, 0.2) is 60.0 Å². The van der Waals surface area contributed by atoms with Gasteiger partial charge in [-0.05, 0) is 59.8 Å². The van der Waals surface area contributed by atoms with E-state index in [1.807, 2.05) is 0 Å². The number of ether oxygens (including phenoxy) is 3. The van der Waals surface area contributed by atoms with Crippen molar-refractivity contribution in [1.29, 1.82) is 0 Å². The summed E-state index contributed by atoms with van der Waals surface area (Å²) in [7, 11) is 0. The van der Waals surface area contributed by atoms with Crippen molar-refractivity contribution in [1.82, 2.24) is 10.2 Å². The molecule has 0 aliphatic carbocycles. The first-order valence-corrected chi connectivity index (χ1v) is 10.6. The topological polar surface area (TPSA) is 94.2 Å². The number of benzene rings is 2. The number of hydrogen-bond acceptors (Lipinski definition) is 7. The molecule has 3 amide bonds. The number of thioether (sulfide) groups is 1. The number of fused-ring (bicyclic) bond motifs is 1. The van der Waals surface area contributed by atoms with E-state index < -0.39 is 5.91 Å². The lowest BCUT2D eigenvalue weighted by molar-refractivity contribution is -0.122. The first-order chi connectivity index (χ1) is 15.5. The molecule has 9 heteroatoms. The molecule has 0 radical (unpaired) electrons. The smallest absolute Gasteiger partial charge is 0.293 e. The van der Waals surface area contributed by atoms with Crippen LogP contribution in [0.4, 0.5) is 4.79 Å². The van der Waals surface area contributed by atoms with E-state index >= 15 is 0 Å². The van der Waals surface area contributed by atoms with Crippen LogP contribution in [0.1, 0.15) is 15.9 Å². The van der Waals surface area contributed by atoms with Gasteiger partial charge in [0, 0.05) is 18.7 Å². The summed E-state index contributed by atoms with van der Waals surface area (Å²) >= 11 is 0.866. The SMILES string of the molecule is C=CCOc1ccc(C(=O)NCCN2C(=O)SC(=Cc3ccc4c(c3)OCO4)C2=O)cc1. The second kappa shape index (κ2) is 9.61. The molecule has 0 spiro atoms. The van der Waals surface area contributed by atoms with Crippen molar-refractivity contribution in [3.05, 3.63) is 71.2 Å². The quantitative estimate of drug-likeness (QED) is 0.484. The van der Waals surface area contributed by atoms with Crippen molar-refractivity contribution < 1.29 is 28.6 Å². The average Bonchev–Trinajstić information content (AvgIpc) is 3.37. The van der Waals surface area contributed by atoms with Crippen molar-refractivity contribution in [2.45, 2.75) is 0 Å². The Kier molecular flexibility index (Phi) is 6.46. The number of nitrogens with one attached hydrogen (secondary N) is 1. The van der Waals surface area contributed by atoms with Gasteiger partial charge in [-0.3, -0.25) is 19.3 Å². The van der Waals surface area contributed by atoms with Crippen molar-refractivity contribution in [3.8, 4) is 17.2 Å². The summed E-state index contributed by atoms with van der Waals surface area (Å²) in [4.78, 5) is 38.7. The van der Waals surface area contributed by atoms with Crippen LogP contribution in [0, 0.1) is 0 Å². The Morgan fingerprint density at radius 3 is 2.72 bits per heavy atom. The predicted molar refractivity (Wildman–Crippen MR) is 120 cm³/mol. The van der Waals surface area contributed by atoms with E-state index in [0.717, 1.165) is 22.2 Å². The zero-order valence-corrected chi connectivity index (χ0v) is 17.9. The molecular formula is C23H20N2O6S.